The van der Waals surface area contributed by atoms with Crippen molar-refractivity contribution in [3.8, 4) is 5.75 Å². The Morgan fingerprint density at radius 2 is 1.96 bits per heavy atom. The molecule has 1 unspecified atom stereocenters. The Morgan fingerprint density at radius 3 is 2.60 bits per heavy atom. The highest BCUT2D eigenvalue weighted by Crippen LogP contribution is 2.24. The maximum absolute atomic E-state index is 13.0. The Labute approximate surface area is 146 Å². The van der Waals surface area contributed by atoms with E-state index in [4.69, 9.17) is 0 Å². The third-order valence-electron chi connectivity index (χ3n) is 4.81. The highest BCUT2D eigenvalue weighted by Gasteiger charge is 2.25. The number of benzene rings is 1. The minimum absolute atomic E-state index is 0.0536. The number of hydrogen-bond acceptors (Lipinski definition) is 4. The number of hydrogen-bond donors (Lipinski definition) is 2. The number of halogens is 1. The van der Waals surface area contributed by atoms with E-state index in [1.807, 2.05) is 12.1 Å². The van der Waals surface area contributed by atoms with E-state index in [0.717, 1.165) is 32.0 Å². The van der Waals surface area contributed by atoms with Gasteiger partial charge in [-0.05, 0) is 49.6 Å². The number of piperidine rings is 1. The molecule has 1 saturated heterocycles. The minimum Gasteiger partial charge on any atom is -0.507 e. The van der Waals surface area contributed by atoms with Crippen molar-refractivity contribution >= 4 is 5.91 Å². The van der Waals surface area contributed by atoms with Gasteiger partial charge in [0, 0.05) is 43.6 Å². The molecule has 1 aliphatic rings. The molecule has 1 atom stereocenters. The predicted octanol–water partition coefficient (Wildman–Crippen LogP) is 2.88. The standard InChI is InChI=1S/C19H22FN3O2/c1-13(14-4-8-21-9-5-14)23-10-6-16(7-11-23)22-19(25)17-3-2-15(20)12-18(17)24/h2-5,8-9,12-13,16,24H,6-7,10-11H2,1H3,(H,22,25). The number of amides is 1. The van der Waals surface area contributed by atoms with Crippen LogP contribution in [0, 0.1) is 5.82 Å². The van der Waals surface area contributed by atoms with E-state index in [0.29, 0.717) is 6.04 Å². The molecule has 5 nitrogen and oxygen atoms in total. The number of carbonyl (C=O) groups excluding carboxylic acids is 1. The summed E-state index contributed by atoms with van der Waals surface area (Å²) in [5.41, 5.74) is 1.34. The second-order valence-electron chi connectivity index (χ2n) is 6.40. The van der Waals surface area contributed by atoms with Crippen LogP contribution in [0.25, 0.3) is 0 Å². The van der Waals surface area contributed by atoms with Crippen LogP contribution in [-0.2, 0) is 0 Å². The summed E-state index contributed by atoms with van der Waals surface area (Å²) in [5.74, 6) is -1.26. The topological polar surface area (TPSA) is 65.5 Å². The quantitative estimate of drug-likeness (QED) is 0.896. The Hall–Kier alpha value is -2.47. The number of likely N-dealkylation sites (tertiary alicyclic amines) is 1. The van der Waals surface area contributed by atoms with Crippen molar-refractivity contribution in [1.82, 2.24) is 15.2 Å². The van der Waals surface area contributed by atoms with Gasteiger partial charge in [0.15, 0.2) is 0 Å². The largest absolute Gasteiger partial charge is 0.507 e. The number of aromatic hydroxyl groups is 1. The van der Waals surface area contributed by atoms with Gasteiger partial charge in [-0.3, -0.25) is 14.7 Å². The molecular formula is C19H22FN3O2. The molecule has 0 spiro atoms. The molecule has 0 saturated carbocycles. The average molecular weight is 343 g/mol. The third-order valence-corrected chi connectivity index (χ3v) is 4.81. The van der Waals surface area contributed by atoms with Crippen LogP contribution in [0.4, 0.5) is 4.39 Å². The molecule has 1 aliphatic heterocycles. The Bertz CT molecular complexity index is 731. The van der Waals surface area contributed by atoms with E-state index < -0.39 is 5.82 Å². The zero-order chi connectivity index (χ0) is 17.8. The fraction of sp³-hybridized carbons (Fsp3) is 0.368. The van der Waals surface area contributed by atoms with E-state index in [1.54, 1.807) is 12.4 Å². The number of phenolic OH excluding ortho intramolecular Hbond substituents is 1. The minimum atomic E-state index is -0.563. The molecule has 0 bridgehead atoms. The van der Waals surface area contributed by atoms with Crippen LogP contribution >= 0.6 is 0 Å². The van der Waals surface area contributed by atoms with Gasteiger partial charge < -0.3 is 10.4 Å². The first kappa shape index (κ1) is 17.4. The van der Waals surface area contributed by atoms with E-state index in [1.165, 1.54) is 17.7 Å². The molecule has 1 aromatic heterocycles. The number of rotatable bonds is 4. The monoisotopic (exact) mass is 343 g/mol. The Balaban J connectivity index is 1.55. The Kier molecular flexibility index (Phi) is 5.28. The summed E-state index contributed by atoms with van der Waals surface area (Å²) in [6.07, 6.45) is 5.27. The van der Waals surface area contributed by atoms with Gasteiger partial charge in [-0.25, -0.2) is 4.39 Å². The second-order valence-corrected chi connectivity index (χ2v) is 6.40. The van der Waals surface area contributed by atoms with Gasteiger partial charge in [0.2, 0.25) is 0 Å². The number of nitrogens with zero attached hydrogens (tertiary/aromatic N) is 2. The van der Waals surface area contributed by atoms with Crippen molar-refractivity contribution < 1.29 is 14.3 Å². The number of nitrogens with one attached hydrogen (secondary N) is 1. The van der Waals surface area contributed by atoms with Gasteiger partial charge in [-0.1, -0.05) is 0 Å². The number of carbonyl (C=O) groups is 1. The van der Waals surface area contributed by atoms with Gasteiger partial charge in [0.1, 0.15) is 11.6 Å². The molecule has 2 aromatic rings. The van der Waals surface area contributed by atoms with Crippen molar-refractivity contribution in [2.75, 3.05) is 13.1 Å². The summed E-state index contributed by atoms with van der Waals surface area (Å²) in [5, 5.41) is 12.7. The van der Waals surface area contributed by atoms with Crippen LogP contribution in [0.3, 0.4) is 0 Å². The lowest BCUT2D eigenvalue weighted by molar-refractivity contribution is 0.0893. The summed E-state index contributed by atoms with van der Waals surface area (Å²) in [6, 6.07) is 7.84. The average Bonchev–Trinajstić information content (AvgIpc) is 2.62. The van der Waals surface area contributed by atoms with Gasteiger partial charge in [-0.2, -0.15) is 0 Å². The van der Waals surface area contributed by atoms with E-state index >= 15 is 0 Å². The van der Waals surface area contributed by atoms with E-state index in [2.05, 4.69) is 22.1 Å². The summed E-state index contributed by atoms with van der Waals surface area (Å²) in [6.45, 7) is 3.93. The van der Waals surface area contributed by atoms with Crippen LogP contribution in [0.5, 0.6) is 5.75 Å². The van der Waals surface area contributed by atoms with Gasteiger partial charge in [0.05, 0.1) is 5.56 Å². The summed E-state index contributed by atoms with van der Waals surface area (Å²) < 4.78 is 13.0. The zero-order valence-electron chi connectivity index (χ0n) is 14.2. The lowest BCUT2D eigenvalue weighted by atomic mass is 10.0. The van der Waals surface area contributed by atoms with Crippen LogP contribution in [0.2, 0.25) is 0 Å². The first-order valence-electron chi connectivity index (χ1n) is 8.48. The van der Waals surface area contributed by atoms with Crippen LogP contribution < -0.4 is 5.32 Å². The molecule has 2 heterocycles. The van der Waals surface area contributed by atoms with Crippen molar-refractivity contribution in [2.45, 2.75) is 31.8 Å². The number of aromatic nitrogens is 1. The van der Waals surface area contributed by atoms with Crippen LogP contribution in [0.15, 0.2) is 42.7 Å². The van der Waals surface area contributed by atoms with E-state index in [-0.39, 0.29) is 23.3 Å². The molecule has 2 N–H and O–H groups in total. The summed E-state index contributed by atoms with van der Waals surface area (Å²) in [7, 11) is 0. The SMILES string of the molecule is CC(c1ccncc1)N1CCC(NC(=O)c2ccc(F)cc2O)CC1. The van der Waals surface area contributed by atoms with Crippen molar-refractivity contribution in [1.29, 1.82) is 0 Å². The van der Waals surface area contributed by atoms with Crippen LogP contribution in [0.1, 0.15) is 41.7 Å². The van der Waals surface area contributed by atoms with Crippen molar-refractivity contribution in [3.63, 3.8) is 0 Å². The summed E-state index contributed by atoms with van der Waals surface area (Å²) in [4.78, 5) is 18.7. The maximum Gasteiger partial charge on any atom is 0.255 e. The molecule has 1 aromatic carbocycles. The van der Waals surface area contributed by atoms with E-state index in [9.17, 15) is 14.3 Å². The number of pyridine rings is 1. The molecule has 1 fully saturated rings. The molecular weight excluding hydrogens is 321 g/mol. The summed E-state index contributed by atoms with van der Waals surface area (Å²) >= 11 is 0. The molecule has 0 aliphatic carbocycles. The van der Waals surface area contributed by atoms with Gasteiger partial charge >= 0.3 is 0 Å². The maximum atomic E-state index is 13.0. The van der Waals surface area contributed by atoms with Gasteiger partial charge in [-0.15, -0.1) is 0 Å². The molecule has 3 rings (SSSR count). The third kappa shape index (κ3) is 4.14. The first-order chi connectivity index (χ1) is 12.0. The van der Waals surface area contributed by atoms with Crippen molar-refractivity contribution in [3.05, 3.63) is 59.7 Å². The Morgan fingerprint density at radius 1 is 1.28 bits per heavy atom. The smallest absolute Gasteiger partial charge is 0.255 e. The highest BCUT2D eigenvalue weighted by atomic mass is 19.1. The van der Waals surface area contributed by atoms with Gasteiger partial charge in [0.25, 0.3) is 5.91 Å². The lowest BCUT2D eigenvalue weighted by Crippen LogP contribution is -2.45. The zero-order valence-corrected chi connectivity index (χ0v) is 14.2. The molecule has 1 amide bonds. The van der Waals surface area contributed by atoms with Crippen molar-refractivity contribution in [2.24, 2.45) is 0 Å². The molecule has 6 heteroatoms. The fourth-order valence-corrected chi connectivity index (χ4v) is 3.24. The highest BCUT2D eigenvalue weighted by molar-refractivity contribution is 5.96. The molecule has 0 radical (unpaired) electrons. The predicted molar refractivity (Wildman–Crippen MR) is 92.8 cm³/mol. The lowest BCUT2D eigenvalue weighted by Gasteiger charge is -2.36. The molecule has 25 heavy (non-hydrogen) atoms. The van der Waals surface area contributed by atoms with Crippen LogP contribution in [-0.4, -0.2) is 40.0 Å². The normalized spacial score (nSPS) is 17.2. The molecule has 132 valence electrons. The fourth-order valence-electron chi connectivity index (χ4n) is 3.24. The second kappa shape index (κ2) is 7.61. The number of phenols is 1. The first-order valence-corrected chi connectivity index (χ1v) is 8.48.